The molecule has 0 radical (unpaired) electrons. The minimum absolute atomic E-state index is 0.134. The topological polar surface area (TPSA) is 134 Å². The molecular weight excluding hydrogens is 400 g/mol. The zero-order valence-electron chi connectivity index (χ0n) is 19.2. The van der Waals surface area contributed by atoms with E-state index in [0.29, 0.717) is 32.4 Å². The average Bonchev–Trinajstić information content (AvgIpc) is 3.28. The first-order chi connectivity index (χ1) is 14.6. The molecule has 0 aromatic carbocycles. The lowest BCUT2D eigenvalue weighted by molar-refractivity contribution is -0.139. The summed E-state index contributed by atoms with van der Waals surface area (Å²) in [6.07, 6.45) is 3.84. The number of nitrogens with one attached hydrogen (secondary N) is 2. The Bertz CT molecular complexity index is 677. The van der Waals surface area contributed by atoms with E-state index < -0.39 is 23.7 Å². The molecule has 2 heterocycles. The molecule has 2 aliphatic rings. The number of nitrogens with zero attached hydrogens (tertiary/aromatic N) is 1. The minimum Gasteiger partial charge on any atom is -0.361 e. The van der Waals surface area contributed by atoms with Crippen molar-refractivity contribution in [2.45, 2.75) is 89.9 Å². The van der Waals surface area contributed by atoms with Crippen LogP contribution in [0.4, 0.5) is 0 Å². The normalized spacial score (nSPS) is 24.6. The predicted octanol–water partition coefficient (Wildman–Crippen LogP) is 0.500. The number of epoxide rings is 1. The molecule has 3 amide bonds. The molecule has 31 heavy (non-hydrogen) atoms. The Hall–Kier alpha value is -2.00. The number of ketones is 1. The molecule has 0 spiro atoms. The number of unbranched alkanes of at least 4 members (excludes halogenated alkanes) is 1. The van der Waals surface area contributed by atoms with Crippen molar-refractivity contribution in [3.63, 3.8) is 0 Å². The van der Waals surface area contributed by atoms with Gasteiger partial charge in [-0.15, -0.1) is 0 Å². The van der Waals surface area contributed by atoms with Gasteiger partial charge in [-0.25, -0.2) is 0 Å². The highest BCUT2D eigenvalue weighted by atomic mass is 16.6. The average molecular weight is 439 g/mol. The second-order valence-corrected chi connectivity index (χ2v) is 9.23. The Morgan fingerprint density at radius 2 is 1.87 bits per heavy atom. The van der Waals surface area contributed by atoms with Gasteiger partial charge in [0.2, 0.25) is 17.7 Å². The second-order valence-electron chi connectivity index (χ2n) is 9.23. The third kappa shape index (κ3) is 6.74. The Labute approximate surface area is 184 Å². The summed E-state index contributed by atoms with van der Waals surface area (Å²) in [5, 5.41) is 5.69. The summed E-state index contributed by atoms with van der Waals surface area (Å²) in [5.74, 6) is -0.924. The fourth-order valence-electron chi connectivity index (χ4n) is 3.99. The van der Waals surface area contributed by atoms with Crippen LogP contribution in [0.5, 0.6) is 0 Å². The van der Waals surface area contributed by atoms with Crippen molar-refractivity contribution in [3.8, 4) is 0 Å². The Morgan fingerprint density at radius 3 is 2.42 bits per heavy atom. The molecule has 0 aromatic heterocycles. The summed E-state index contributed by atoms with van der Waals surface area (Å²) in [5.41, 5.74) is 4.63. The van der Waals surface area contributed by atoms with Crippen LogP contribution < -0.4 is 16.4 Å². The number of nitrogens with two attached hydrogens (primary N) is 1. The molecule has 0 saturated carbocycles. The minimum atomic E-state index is -0.831. The van der Waals surface area contributed by atoms with Gasteiger partial charge in [0.05, 0.1) is 19.2 Å². The van der Waals surface area contributed by atoms with Crippen LogP contribution in [0, 0.1) is 5.92 Å². The highest BCUT2D eigenvalue weighted by Crippen LogP contribution is 2.29. The SMILES string of the molecule is CCCC[C@H](NC(=O)[C@@H]1CCCN1C(=O)CN)C(=O)N[C@@H](CC(C)C)C(=O)[C@@]1(C)CO1. The first-order valence-electron chi connectivity index (χ1n) is 11.4. The van der Waals surface area contributed by atoms with Gasteiger partial charge in [0.25, 0.3) is 0 Å². The van der Waals surface area contributed by atoms with Crippen LogP contribution >= 0.6 is 0 Å². The number of hydrogen-bond acceptors (Lipinski definition) is 6. The van der Waals surface area contributed by atoms with Crippen LogP contribution in [0.1, 0.15) is 66.2 Å². The molecule has 9 nitrogen and oxygen atoms in total. The maximum absolute atomic E-state index is 13.1. The Balaban J connectivity index is 2.08. The summed E-state index contributed by atoms with van der Waals surface area (Å²) in [6.45, 7) is 8.41. The summed E-state index contributed by atoms with van der Waals surface area (Å²) >= 11 is 0. The number of Topliss-reactive ketones (excluding diaryl/α,β-unsaturated/α-hetero) is 1. The molecule has 2 fully saturated rings. The molecule has 2 aliphatic heterocycles. The van der Waals surface area contributed by atoms with E-state index in [-0.39, 0.29) is 36.0 Å². The van der Waals surface area contributed by atoms with Crippen LogP contribution in [0.25, 0.3) is 0 Å². The van der Waals surface area contributed by atoms with Gasteiger partial charge < -0.3 is 26.0 Å². The van der Waals surface area contributed by atoms with E-state index in [0.717, 1.165) is 19.3 Å². The van der Waals surface area contributed by atoms with Gasteiger partial charge in [0.15, 0.2) is 5.78 Å². The van der Waals surface area contributed by atoms with Crippen molar-refractivity contribution in [1.82, 2.24) is 15.5 Å². The van der Waals surface area contributed by atoms with E-state index in [1.807, 2.05) is 20.8 Å². The second kappa shape index (κ2) is 11.0. The van der Waals surface area contributed by atoms with Crippen molar-refractivity contribution in [2.24, 2.45) is 11.7 Å². The molecule has 9 heteroatoms. The first kappa shape index (κ1) is 25.3. The van der Waals surface area contributed by atoms with Gasteiger partial charge in [-0.1, -0.05) is 33.6 Å². The standard InChI is InChI=1S/C22H38N4O5/c1-5-6-8-15(24-21(30)17-9-7-10-26(17)18(27)12-23)20(29)25-16(11-14(2)3)19(28)22(4)13-31-22/h14-17H,5-13,23H2,1-4H3,(H,24,30)(H,25,29)/t15-,16-,17-,22+/m0/s1. The van der Waals surface area contributed by atoms with Gasteiger partial charge in [0.1, 0.15) is 17.7 Å². The molecule has 4 N–H and O–H groups in total. The fourth-order valence-corrected chi connectivity index (χ4v) is 3.99. The van der Waals surface area contributed by atoms with Crippen LogP contribution in [-0.4, -0.2) is 71.8 Å². The van der Waals surface area contributed by atoms with Crippen molar-refractivity contribution >= 4 is 23.5 Å². The van der Waals surface area contributed by atoms with Crippen LogP contribution in [0.3, 0.4) is 0 Å². The number of likely N-dealkylation sites (tertiary alicyclic amines) is 1. The van der Waals surface area contributed by atoms with Crippen molar-refractivity contribution in [3.05, 3.63) is 0 Å². The molecular formula is C22H38N4O5. The third-order valence-corrected chi connectivity index (χ3v) is 5.97. The monoisotopic (exact) mass is 438 g/mol. The van der Waals surface area contributed by atoms with E-state index in [9.17, 15) is 19.2 Å². The summed E-state index contributed by atoms with van der Waals surface area (Å²) < 4.78 is 5.29. The molecule has 2 saturated heterocycles. The smallest absolute Gasteiger partial charge is 0.243 e. The highest BCUT2D eigenvalue weighted by molar-refractivity contribution is 5.98. The molecule has 176 valence electrons. The van der Waals surface area contributed by atoms with Crippen LogP contribution in [0.15, 0.2) is 0 Å². The van der Waals surface area contributed by atoms with Crippen LogP contribution in [0.2, 0.25) is 0 Å². The maximum atomic E-state index is 13.1. The summed E-state index contributed by atoms with van der Waals surface area (Å²) in [6, 6.07) is -2.04. The maximum Gasteiger partial charge on any atom is 0.243 e. The lowest BCUT2D eigenvalue weighted by Crippen LogP contribution is -2.56. The van der Waals surface area contributed by atoms with E-state index in [1.54, 1.807) is 6.92 Å². The molecule has 2 rings (SSSR count). The van der Waals surface area contributed by atoms with Crippen molar-refractivity contribution in [2.75, 3.05) is 19.7 Å². The number of carbonyl (C=O) groups is 4. The van der Waals surface area contributed by atoms with Crippen molar-refractivity contribution < 1.29 is 23.9 Å². The van der Waals surface area contributed by atoms with E-state index >= 15 is 0 Å². The van der Waals surface area contributed by atoms with Crippen molar-refractivity contribution in [1.29, 1.82) is 0 Å². The zero-order valence-corrected chi connectivity index (χ0v) is 19.2. The number of rotatable bonds is 12. The summed E-state index contributed by atoms with van der Waals surface area (Å²) in [7, 11) is 0. The van der Waals surface area contributed by atoms with Gasteiger partial charge in [-0.05, 0) is 38.5 Å². The van der Waals surface area contributed by atoms with Gasteiger partial charge >= 0.3 is 0 Å². The van der Waals surface area contributed by atoms with Crippen LogP contribution in [-0.2, 0) is 23.9 Å². The van der Waals surface area contributed by atoms with E-state index in [4.69, 9.17) is 10.5 Å². The fraction of sp³-hybridized carbons (Fsp3) is 0.818. The third-order valence-electron chi connectivity index (χ3n) is 5.97. The van der Waals surface area contributed by atoms with E-state index in [2.05, 4.69) is 10.6 Å². The highest BCUT2D eigenvalue weighted by Gasteiger charge is 2.50. The van der Waals surface area contributed by atoms with E-state index in [1.165, 1.54) is 4.90 Å². The Kier molecular flexibility index (Phi) is 9.00. The summed E-state index contributed by atoms with van der Waals surface area (Å²) in [4.78, 5) is 52.4. The lowest BCUT2D eigenvalue weighted by atomic mass is 9.93. The number of amides is 3. The predicted molar refractivity (Wildman–Crippen MR) is 116 cm³/mol. The molecule has 0 bridgehead atoms. The number of carbonyl (C=O) groups excluding carboxylic acids is 4. The number of ether oxygens (including phenoxy) is 1. The zero-order chi connectivity index (χ0) is 23.2. The largest absolute Gasteiger partial charge is 0.361 e. The Morgan fingerprint density at radius 1 is 1.19 bits per heavy atom. The molecule has 0 aromatic rings. The van der Waals surface area contributed by atoms with Gasteiger partial charge in [-0.2, -0.15) is 0 Å². The van der Waals surface area contributed by atoms with Gasteiger partial charge in [0, 0.05) is 6.54 Å². The first-order valence-corrected chi connectivity index (χ1v) is 11.4. The number of hydrogen-bond donors (Lipinski definition) is 3. The molecule has 4 atom stereocenters. The molecule has 0 aliphatic carbocycles. The van der Waals surface area contributed by atoms with Gasteiger partial charge in [-0.3, -0.25) is 19.2 Å². The quantitative estimate of drug-likeness (QED) is 0.380. The lowest BCUT2D eigenvalue weighted by Gasteiger charge is -2.28. The molecule has 0 unspecified atom stereocenters.